The Labute approximate surface area is 131 Å². The van der Waals surface area contributed by atoms with Crippen LogP contribution >= 0.6 is 11.8 Å². The van der Waals surface area contributed by atoms with Crippen LogP contribution < -0.4 is 10.1 Å². The Morgan fingerprint density at radius 2 is 1.81 bits per heavy atom. The van der Waals surface area contributed by atoms with E-state index in [1.807, 2.05) is 27.0 Å². The van der Waals surface area contributed by atoms with Gasteiger partial charge in [0.2, 0.25) is 0 Å². The summed E-state index contributed by atoms with van der Waals surface area (Å²) in [5, 5.41) is 3.42. The first kappa shape index (κ1) is 15.9. The Morgan fingerprint density at radius 3 is 2.48 bits per heavy atom. The highest BCUT2D eigenvalue weighted by molar-refractivity contribution is 7.98. The minimum absolute atomic E-state index is 0.171. The van der Waals surface area contributed by atoms with E-state index >= 15 is 0 Å². The molecule has 0 bridgehead atoms. The van der Waals surface area contributed by atoms with E-state index in [9.17, 15) is 0 Å². The molecule has 0 saturated carbocycles. The van der Waals surface area contributed by atoms with Crippen LogP contribution in [-0.2, 0) is 0 Å². The number of ether oxygens (including phenoxy) is 1. The second-order valence-corrected chi connectivity index (χ2v) is 6.05. The van der Waals surface area contributed by atoms with Gasteiger partial charge in [-0.1, -0.05) is 30.3 Å². The molecule has 1 N–H and O–H groups in total. The highest BCUT2D eigenvalue weighted by Crippen LogP contribution is 2.31. The van der Waals surface area contributed by atoms with Crippen molar-refractivity contribution in [2.45, 2.75) is 30.9 Å². The number of nitrogens with one attached hydrogen (secondary N) is 1. The van der Waals surface area contributed by atoms with Crippen LogP contribution in [0.2, 0.25) is 0 Å². The second kappa shape index (κ2) is 7.53. The molecule has 112 valence electrons. The molecule has 0 spiro atoms. The summed E-state index contributed by atoms with van der Waals surface area (Å²) >= 11 is 1.78. The number of benzene rings is 2. The van der Waals surface area contributed by atoms with Gasteiger partial charge in [0.1, 0.15) is 5.75 Å². The largest absolute Gasteiger partial charge is 0.491 e. The second-order valence-electron chi connectivity index (χ2n) is 5.20. The topological polar surface area (TPSA) is 21.3 Å². The fourth-order valence-electron chi connectivity index (χ4n) is 2.45. The van der Waals surface area contributed by atoms with Gasteiger partial charge in [-0.15, -0.1) is 11.8 Å². The van der Waals surface area contributed by atoms with Gasteiger partial charge < -0.3 is 10.1 Å². The molecule has 2 aromatic rings. The Hall–Kier alpha value is -1.45. The number of hydrogen-bond donors (Lipinski definition) is 1. The van der Waals surface area contributed by atoms with Crippen LogP contribution in [-0.4, -0.2) is 19.4 Å². The summed E-state index contributed by atoms with van der Waals surface area (Å²) < 4.78 is 5.81. The summed E-state index contributed by atoms with van der Waals surface area (Å²) in [6.45, 7) is 4.09. The maximum Gasteiger partial charge on any atom is 0.120 e. The predicted octanol–water partition coefficient (Wildman–Crippen LogP) is 4.50. The molecule has 3 heteroatoms. The van der Waals surface area contributed by atoms with Crippen LogP contribution in [0.3, 0.4) is 0 Å². The molecule has 21 heavy (non-hydrogen) atoms. The third-order valence-corrected chi connectivity index (χ3v) is 4.11. The lowest BCUT2D eigenvalue weighted by Crippen LogP contribution is -2.18. The third kappa shape index (κ3) is 4.02. The molecule has 0 heterocycles. The first-order valence-electron chi connectivity index (χ1n) is 7.22. The highest BCUT2D eigenvalue weighted by atomic mass is 32.2. The SMILES string of the molecule is CNC(c1cccc(OC(C)C)c1)c1ccccc1SC. The van der Waals surface area contributed by atoms with Crippen molar-refractivity contribution in [1.29, 1.82) is 0 Å². The normalized spacial score (nSPS) is 12.4. The van der Waals surface area contributed by atoms with Crippen molar-refractivity contribution in [3.05, 3.63) is 59.7 Å². The van der Waals surface area contributed by atoms with Crippen molar-refractivity contribution in [2.75, 3.05) is 13.3 Å². The van der Waals surface area contributed by atoms with Gasteiger partial charge in [0, 0.05) is 4.90 Å². The van der Waals surface area contributed by atoms with Crippen molar-refractivity contribution in [3.8, 4) is 5.75 Å². The smallest absolute Gasteiger partial charge is 0.120 e. The van der Waals surface area contributed by atoms with E-state index in [0.717, 1.165) is 5.75 Å². The van der Waals surface area contributed by atoms with E-state index in [-0.39, 0.29) is 12.1 Å². The van der Waals surface area contributed by atoms with Crippen LogP contribution in [0.5, 0.6) is 5.75 Å². The van der Waals surface area contributed by atoms with Crippen molar-refractivity contribution in [1.82, 2.24) is 5.32 Å². The van der Waals surface area contributed by atoms with Gasteiger partial charge in [-0.3, -0.25) is 0 Å². The molecule has 0 fully saturated rings. The maximum atomic E-state index is 5.81. The Bertz CT molecular complexity index is 583. The third-order valence-electron chi connectivity index (χ3n) is 3.30. The van der Waals surface area contributed by atoms with Gasteiger partial charge in [0.25, 0.3) is 0 Å². The van der Waals surface area contributed by atoms with E-state index < -0.39 is 0 Å². The molecular formula is C18H23NOS. The molecule has 0 radical (unpaired) electrons. The quantitative estimate of drug-likeness (QED) is 0.794. The first-order valence-corrected chi connectivity index (χ1v) is 8.45. The Morgan fingerprint density at radius 1 is 1.05 bits per heavy atom. The fourth-order valence-corrected chi connectivity index (χ4v) is 3.08. The molecule has 0 aliphatic heterocycles. The molecule has 0 aliphatic carbocycles. The molecule has 1 atom stereocenters. The van der Waals surface area contributed by atoms with Gasteiger partial charge in [-0.2, -0.15) is 0 Å². The summed E-state index contributed by atoms with van der Waals surface area (Å²) in [5.74, 6) is 0.921. The molecule has 0 aromatic heterocycles. The zero-order valence-corrected chi connectivity index (χ0v) is 13.9. The van der Waals surface area contributed by atoms with E-state index in [0.29, 0.717) is 0 Å². The molecule has 2 rings (SSSR count). The van der Waals surface area contributed by atoms with E-state index in [4.69, 9.17) is 4.74 Å². The minimum Gasteiger partial charge on any atom is -0.491 e. The van der Waals surface area contributed by atoms with Crippen molar-refractivity contribution in [3.63, 3.8) is 0 Å². The van der Waals surface area contributed by atoms with Gasteiger partial charge in [0.15, 0.2) is 0 Å². The monoisotopic (exact) mass is 301 g/mol. The summed E-state index contributed by atoms with van der Waals surface area (Å²) in [6, 6.07) is 17.0. The van der Waals surface area contributed by atoms with Gasteiger partial charge >= 0.3 is 0 Å². The summed E-state index contributed by atoms with van der Waals surface area (Å²) in [6.07, 6.45) is 2.30. The maximum absolute atomic E-state index is 5.81. The lowest BCUT2D eigenvalue weighted by molar-refractivity contribution is 0.242. The molecule has 0 aliphatic rings. The van der Waals surface area contributed by atoms with Crippen LogP contribution in [0.1, 0.15) is 31.0 Å². The highest BCUT2D eigenvalue weighted by Gasteiger charge is 2.15. The molecule has 0 saturated heterocycles. The molecule has 2 aromatic carbocycles. The fraction of sp³-hybridized carbons (Fsp3) is 0.333. The average Bonchev–Trinajstić information content (AvgIpc) is 2.48. The van der Waals surface area contributed by atoms with Crippen LogP contribution in [0, 0.1) is 0 Å². The average molecular weight is 301 g/mol. The van der Waals surface area contributed by atoms with Crippen molar-refractivity contribution >= 4 is 11.8 Å². The van der Waals surface area contributed by atoms with Gasteiger partial charge in [-0.05, 0) is 56.5 Å². The van der Waals surface area contributed by atoms with Gasteiger partial charge in [0.05, 0.1) is 12.1 Å². The molecular weight excluding hydrogens is 278 g/mol. The summed E-state index contributed by atoms with van der Waals surface area (Å²) in [7, 11) is 2.00. The van der Waals surface area contributed by atoms with Crippen molar-refractivity contribution in [2.24, 2.45) is 0 Å². The zero-order chi connectivity index (χ0) is 15.2. The predicted molar refractivity (Wildman–Crippen MR) is 91.3 cm³/mol. The van der Waals surface area contributed by atoms with Crippen LogP contribution in [0.4, 0.5) is 0 Å². The van der Waals surface area contributed by atoms with E-state index in [1.54, 1.807) is 11.8 Å². The lowest BCUT2D eigenvalue weighted by atomic mass is 9.98. The minimum atomic E-state index is 0.171. The standard InChI is InChI=1S/C18H23NOS/c1-13(2)20-15-9-7-8-14(12-15)18(19-3)16-10-5-6-11-17(16)21-4/h5-13,18-19H,1-4H3. The van der Waals surface area contributed by atoms with Gasteiger partial charge in [-0.25, -0.2) is 0 Å². The number of rotatable bonds is 6. The van der Waals surface area contributed by atoms with Crippen LogP contribution in [0.15, 0.2) is 53.4 Å². The molecule has 0 amide bonds. The first-order chi connectivity index (χ1) is 10.2. The molecule has 2 nitrogen and oxygen atoms in total. The lowest BCUT2D eigenvalue weighted by Gasteiger charge is -2.21. The number of thioether (sulfide) groups is 1. The summed E-state index contributed by atoms with van der Waals surface area (Å²) in [5.41, 5.74) is 2.52. The molecule has 1 unspecified atom stereocenters. The Kier molecular flexibility index (Phi) is 5.71. The number of hydrogen-bond acceptors (Lipinski definition) is 3. The van der Waals surface area contributed by atoms with Crippen molar-refractivity contribution < 1.29 is 4.74 Å². The summed E-state index contributed by atoms with van der Waals surface area (Å²) in [4.78, 5) is 1.30. The Balaban J connectivity index is 2.37. The zero-order valence-electron chi connectivity index (χ0n) is 13.1. The van der Waals surface area contributed by atoms with E-state index in [1.165, 1.54) is 16.0 Å². The van der Waals surface area contributed by atoms with E-state index in [2.05, 4.69) is 54.0 Å². The van der Waals surface area contributed by atoms with Crippen LogP contribution in [0.25, 0.3) is 0 Å².